The normalized spacial score (nSPS) is 10.9. The molecule has 142 valence electrons. The number of esters is 1. The second kappa shape index (κ2) is 8.07. The number of nitrogens with one attached hydrogen (secondary N) is 3. The molecule has 2 aromatic heterocycles. The van der Waals surface area contributed by atoms with Crippen LogP contribution in [-0.2, 0) is 17.6 Å². The Morgan fingerprint density at radius 1 is 1.19 bits per heavy atom. The number of rotatable bonds is 7. The van der Waals surface area contributed by atoms with E-state index in [1.807, 2.05) is 31.2 Å². The van der Waals surface area contributed by atoms with Crippen molar-refractivity contribution >= 4 is 22.9 Å². The molecular formula is C20H24N4O3. The first-order valence-corrected chi connectivity index (χ1v) is 9.06. The Balaban J connectivity index is 1.71. The number of H-pyrrole nitrogens is 2. The van der Waals surface area contributed by atoms with E-state index in [0.29, 0.717) is 41.9 Å². The number of carbonyl (C=O) groups is 2. The molecule has 0 unspecified atom stereocenters. The average molecular weight is 368 g/mol. The van der Waals surface area contributed by atoms with Crippen molar-refractivity contribution in [1.29, 1.82) is 0 Å². The van der Waals surface area contributed by atoms with E-state index < -0.39 is 5.97 Å². The van der Waals surface area contributed by atoms with Gasteiger partial charge in [0.25, 0.3) is 5.91 Å². The Kier molecular flexibility index (Phi) is 5.59. The smallest absolute Gasteiger partial charge is 0.339 e. The number of methoxy groups -OCH3 is 1. The highest BCUT2D eigenvalue weighted by Crippen LogP contribution is 2.21. The zero-order valence-electron chi connectivity index (χ0n) is 15.8. The Labute approximate surface area is 157 Å². The molecule has 0 aliphatic rings. The SMILES string of the molecule is CCCc1c(C(=O)NCCc2nc3ccccc3[nH]2)[nH]c(C)c1C(=O)OC. The van der Waals surface area contributed by atoms with Gasteiger partial charge in [0.1, 0.15) is 11.5 Å². The minimum Gasteiger partial charge on any atom is -0.465 e. The van der Waals surface area contributed by atoms with Crippen LogP contribution in [0, 0.1) is 6.92 Å². The second-order valence-electron chi connectivity index (χ2n) is 6.43. The van der Waals surface area contributed by atoms with Gasteiger partial charge in [0, 0.05) is 18.7 Å². The summed E-state index contributed by atoms with van der Waals surface area (Å²) >= 11 is 0. The minimum absolute atomic E-state index is 0.229. The molecule has 0 bridgehead atoms. The first-order valence-electron chi connectivity index (χ1n) is 9.06. The van der Waals surface area contributed by atoms with Crippen molar-refractivity contribution in [2.24, 2.45) is 0 Å². The molecule has 0 saturated carbocycles. The van der Waals surface area contributed by atoms with Crippen LogP contribution in [0.1, 0.15) is 51.3 Å². The highest BCUT2D eigenvalue weighted by Gasteiger charge is 2.24. The van der Waals surface area contributed by atoms with Crippen LogP contribution in [0.15, 0.2) is 24.3 Å². The Morgan fingerprint density at radius 2 is 1.96 bits per heavy atom. The molecule has 1 aromatic carbocycles. The Morgan fingerprint density at radius 3 is 2.67 bits per heavy atom. The number of aromatic amines is 2. The molecule has 7 heteroatoms. The van der Waals surface area contributed by atoms with Crippen LogP contribution in [0.4, 0.5) is 0 Å². The maximum absolute atomic E-state index is 12.7. The van der Waals surface area contributed by atoms with Crippen LogP contribution >= 0.6 is 0 Å². The summed E-state index contributed by atoms with van der Waals surface area (Å²) in [6.07, 6.45) is 2.04. The monoisotopic (exact) mass is 368 g/mol. The molecule has 0 spiro atoms. The second-order valence-corrected chi connectivity index (χ2v) is 6.43. The Bertz CT molecular complexity index is 938. The largest absolute Gasteiger partial charge is 0.465 e. The summed E-state index contributed by atoms with van der Waals surface area (Å²) in [6.45, 7) is 4.22. The van der Waals surface area contributed by atoms with Crippen molar-refractivity contribution in [1.82, 2.24) is 20.3 Å². The third-order valence-corrected chi connectivity index (χ3v) is 4.49. The van der Waals surface area contributed by atoms with E-state index in [4.69, 9.17) is 4.74 Å². The van der Waals surface area contributed by atoms with Gasteiger partial charge in [-0.05, 0) is 31.0 Å². The van der Waals surface area contributed by atoms with Crippen LogP contribution < -0.4 is 5.32 Å². The topological polar surface area (TPSA) is 99.9 Å². The number of carbonyl (C=O) groups excluding carboxylic acids is 2. The van der Waals surface area contributed by atoms with Gasteiger partial charge < -0.3 is 20.0 Å². The summed E-state index contributed by atoms with van der Waals surface area (Å²) in [6, 6.07) is 7.81. The van der Waals surface area contributed by atoms with E-state index in [9.17, 15) is 9.59 Å². The number of nitrogens with zero attached hydrogens (tertiary/aromatic N) is 1. The number of benzene rings is 1. The number of hydrogen-bond acceptors (Lipinski definition) is 4. The highest BCUT2D eigenvalue weighted by molar-refractivity contribution is 6.00. The van der Waals surface area contributed by atoms with Crippen molar-refractivity contribution in [3.8, 4) is 0 Å². The third kappa shape index (κ3) is 3.86. The van der Waals surface area contributed by atoms with E-state index in [1.54, 1.807) is 6.92 Å². The molecule has 0 radical (unpaired) electrons. The molecule has 2 heterocycles. The van der Waals surface area contributed by atoms with Crippen molar-refractivity contribution in [2.75, 3.05) is 13.7 Å². The molecule has 1 amide bonds. The lowest BCUT2D eigenvalue weighted by atomic mass is 10.0. The quantitative estimate of drug-likeness (QED) is 0.558. The van der Waals surface area contributed by atoms with Gasteiger partial charge in [0.15, 0.2) is 0 Å². The van der Waals surface area contributed by atoms with Crippen LogP contribution in [0.3, 0.4) is 0 Å². The average Bonchev–Trinajstić information content (AvgIpc) is 3.22. The summed E-state index contributed by atoms with van der Waals surface area (Å²) in [5.41, 5.74) is 4.13. The summed E-state index contributed by atoms with van der Waals surface area (Å²) in [5, 5.41) is 2.91. The van der Waals surface area contributed by atoms with Crippen molar-refractivity contribution < 1.29 is 14.3 Å². The number of aromatic nitrogens is 3. The van der Waals surface area contributed by atoms with E-state index in [2.05, 4.69) is 20.3 Å². The van der Waals surface area contributed by atoms with E-state index in [0.717, 1.165) is 23.3 Å². The molecule has 0 fully saturated rings. The molecule has 7 nitrogen and oxygen atoms in total. The predicted octanol–water partition coefficient (Wildman–Crippen LogP) is 2.91. The molecule has 0 aliphatic carbocycles. The zero-order valence-corrected chi connectivity index (χ0v) is 15.8. The van der Waals surface area contributed by atoms with Gasteiger partial charge in [0.05, 0.1) is 23.7 Å². The molecular weight excluding hydrogens is 344 g/mol. The van der Waals surface area contributed by atoms with Crippen molar-refractivity contribution in [3.63, 3.8) is 0 Å². The number of aryl methyl sites for hydroxylation is 1. The van der Waals surface area contributed by atoms with Gasteiger partial charge in [-0.15, -0.1) is 0 Å². The van der Waals surface area contributed by atoms with Gasteiger partial charge in [-0.2, -0.15) is 0 Å². The van der Waals surface area contributed by atoms with Crippen LogP contribution in [-0.4, -0.2) is 40.5 Å². The van der Waals surface area contributed by atoms with E-state index in [-0.39, 0.29) is 5.91 Å². The lowest BCUT2D eigenvalue weighted by Gasteiger charge is -2.07. The number of para-hydroxylation sites is 2. The molecule has 0 saturated heterocycles. The fourth-order valence-corrected chi connectivity index (χ4v) is 3.26. The van der Waals surface area contributed by atoms with Gasteiger partial charge in [-0.1, -0.05) is 25.5 Å². The van der Waals surface area contributed by atoms with E-state index in [1.165, 1.54) is 7.11 Å². The highest BCUT2D eigenvalue weighted by atomic mass is 16.5. The summed E-state index contributed by atoms with van der Waals surface area (Å²) in [5.74, 6) is 0.171. The first kappa shape index (κ1) is 18.7. The van der Waals surface area contributed by atoms with E-state index >= 15 is 0 Å². The standard InChI is InChI=1S/C20H24N4O3/c1-4-7-13-17(20(26)27-3)12(2)22-18(13)19(25)21-11-10-16-23-14-8-5-6-9-15(14)24-16/h5-6,8-9,22H,4,7,10-11H2,1-3H3,(H,21,25)(H,23,24). The molecule has 3 rings (SSSR count). The first-order chi connectivity index (χ1) is 13.0. The molecule has 0 atom stereocenters. The van der Waals surface area contributed by atoms with Gasteiger partial charge in [-0.25, -0.2) is 9.78 Å². The van der Waals surface area contributed by atoms with Gasteiger partial charge in [-0.3, -0.25) is 4.79 Å². The van der Waals surface area contributed by atoms with Crippen molar-refractivity contribution in [2.45, 2.75) is 33.1 Å². The van der Waals surface area contributed by atoms with Crippen LogP contribution in [0.25, 0.3) is 11.0 Å². The summed E-state index contributed by atoms with van der Waals surface area (Å²) < 4.78 is 4.86. The number of imidazole rings is 1. The summed E-state index contributed by atoms with van der Waals surface area (Å²) in [4.78, 5) is 35.5. The maximum Gasteiger partial charge on any atom is 0.339 e. The lowest BCUT2D eigenvalue weighted by Crippen LogP contribution is -2.27. The molecule has 3 N–H and O–H groups in total. The predicted molar refractivity (Wildman–Crippen MR) is 103 cm³/mol. The molecule has 27 heavy (non-hydrogen) atoms. The fourth-order valence-electron chi connectivity index (χ4n) is 3.26. The molecule has 3 aromatic rings. The Hall–Kier alpha value is -3.09. The fraction of sp³-hybridized carbons (Fsp3) is 0.350. The van der Waals surface area contributed by atoms with Crippen LogP contribution in [0.2, 0.25) is 0 Å². The van der Waals surface area contributed by atoms with Crippen LogP contribution in [0.5, 0.6) is 0 Å². The number of hydrogen-bond donors (Lipinski definition) is 3. The lowest BCUT2D eigenvalue weighted by molar-refractivity contribution is 0.0599. The number of fused-ring (bicyclic) bond motifs is 1. The zero-order chi connectivity index (χ0) is 19.4. The minimum atomic E-state index is -0.423. The summed E-state index contributed by atoms with van der Waals surface area (Å²) in [7, 11) is 1.34. The van der Waals surface area contributed by atoms with Crippen molar-refractivity contribution in [3.05, 3.63) is 52.6 Å². The number of ether oxygens (including phenoxy) is 1. The van der Waals surface area contributed by atoms with Gasteiger partial charge >= 0.3 is 5.97 Å². The van der Waals surface area contributed by atoms with Gasteiger partial charge in [0.2, 0.25) is 0 Å². The maximum atomic E-state index is 12.7. The third-order valence-electron chi connectivity index (χ3n) is 4.49. The molecule has 0 aliphatic heterocycles. The number of amides is 1.